The van der Waals surface area contributed by atoms with Crippen LogP contribution in [0.25, 0.3) is 0 Å². The van der Waals surface area contributed by atoms with E-state index in [0.29, 0.717) is 12.0 Å². The van der Waals surface area contributed by atoms with E-state index in [1.54, 1.807) is 0 Å². The smallest absolute Gasteiger partial charge is 0.232 e. The van der Waals surface area contributed by atoms with Crippen LogP contribution in [-0.4, -0.2) is 23.9 Å². The zero-order valence-electron chi connectivity index (χ0n) is 13.7. The van der Waals surface area contributed by atoms with Crippen LogP contribution in [0, 0.1) is 5.92 Å². The lowest BCUT2D eigenvalue weighted by Crippen LogP contribution is -2.49. The molecule has 21 heavy (non-hydrogen) atoms. The van der Waals surface area contributed by atoms with Gasteiger partial charge in [0.2, 0.25) is 5.91 Å². The Morgan fingerprint density at radius 2 is 1.76 bits per heavy atom. The van der Waals surface area contributed by atoms with Gasteiger partial charge in [-0.3, -0.25) is 4.79 Å². The molecule has 0 aromatic heterocycles. The van der Waals surface area contributed by atoms with E-state index >= 15 is 0 Å². The first-order valence-corrected chi connectivity index (χ1v) is 7.97. The van der Waals surface area contributed by atoms with Gasteiger partial charge in [-0.15, -0.1) is 0 Å². The molecule has 0 bridgehead atoms. The summed E-state index contributed by atoms with van der Waals surface area (Å²) < 4.78 is 0. The van der Waals surface area contributed by atoms with Crippen molar-refractivity contribution in [3.63, 3.8) is 0 Å². The Balaban J connectivity index is 2.18. The molecule has 1 aliphatic rings. The number of carbonyl (C=O) groups is 1. The number of nitrogens with zero attached hydrogens (tertiary/aromatic N) is 1. The van der Waals surface area contributed by atoms with Crippen molar-refractivity contribution in [3.05, 3.63) is 29.8 Å². The summed E-state index contributed by atoms with van der Waals surface area (Å²) in [6.07, 6.45) is 4.88. The molecule has 2 N–H and O–H groups in total. The van der Waals surface area contributed by atoms with Crippen molar-refractivity contribution in [2.75, 3.05) is 12.8 Å². The number of benzene rings is 1. The number of nitrogen functional groups attached to an aromatic ring is 1. The van der Waals surface area contributed by atoms with Crippen molar-refractivity contribution in [1.29, 1.82) is 0 Å². The van der Waals surface area contributed by atoms with Crippen LogP contribution in [0.3, 0.4) is 0 Å². The van der Waals surface area contributed by atoms with Crippen molar-refractivity contribution in [3.8, 4) is 0 Å². The Bertz CT molecular complexity index is 492. The number of hydrogen-bond donors (Lipinski definition) is 1. The van der Waals surface area contributed by atoms with Gasteiger partial charge in [-0.05, 0) is 50.3 Å². The summed E-state index contributed by atoms with van der Waals surface area (Å²) in [7, 11) is 1.97. The van der Waals surface area contributed by atoms with E-state index in [2.05, 4.69) is 6.92 Å². The molecule has 3 heteroatoms. The molecule has 2 unspecified atom stereocenters. The second-order valence-electron chi connectivity index (χ2n) is 6.99. The van der Waals surface area contributed by atoms with Gasteiger partial charge in [0.25, 0.3) is 0 Å². The Morgan fingerprint density at radius 1 is 1.19 bits per heavy atom. The molecule has 116 valence electrons. The van der Waals surface area contributed by atoms with Crippen LogP contribution in [0.15, 0.2) is 24.3 Å². The van der Waals surface area contributed by atoms with Gasteiger partial charge in [-0.1, -0.05) is 31.9 Å². The number of likely N-dealkylation sites (N-methyl/N-ethyl adjacent to an activating group) is 1. The molecule has 1 aromatic carbocycles. The van der Waals surface area contributed by atoms with Crippen LogP contribution in [0.5, 0.6) is 0 Å². The minimum absolute atomic E-state index is 0.200. The fourth-order valence-electron chi connectivity index (χ4n) is 3.49. The average Bonchev–Trinajstić information content (AvgIpc) is 2.46. The second-order valence-corrected chi connectivity index (χ2v) is 6.99. The molecule has 3 nitrogen and oxygen atoms in total. The Morgan fingerprint density at radius 3 is 2.33 bits per heavy atom. The second kappa shape index (κ2) is 6.08. The molecule has 2 rings (SSSR count). The summed E-state index contributed by atoms with van der Waals surface area (Å²) in [6.45, 7) is 6.28. The van der Waals surface area contributed by atoms with Crippen molar-refractivity contribution >= 4 is 11.6 Å². The van der Waals surface area contributed by atoms with E-state index < -0.39 is 5.41 Å². The lowest BCUT2D eigenvalue weighted by Gasteiger charge is -2.40. The van der Waals surface area contributed by atoms with Crippen LogP contribution in [0.2, 0.25) is 0 Å². The molecular formula is C18H28N2O. The zero-order chi connectivity index (χ0) is 15.6. The summed E-state index contributed by atoms with van der Waals surface area (Å²) in [5.41, 5.74) is 6.99. The van der Waals surface area contributed by atoms with Gasteiger partial charge in [0, 0.05) is 18.8 Å². The van der Waals surface area contributed by atoms with E-state index in [4.69, 9.17) is 5.73 Å². The first kappa shape index (κ1) is 15.9. The minimum Gasteiger partial charge on any atom is -0.399 e. The third-order valence-corrected chi connectivity index (χ3v) is 5.05. The van der Waals surface area contributed by atoms with Crippen LogP contribution in [0.1, 0.15) is 52.0 Å². The molecule has 1 fully saturated rings. The predicted molar refractivity (Wildman–Crippen MR) is 88.1 cm³/mol. The number of carbonyl (C=O) groups excluding carboxylic acids is 1. The summed E-state index contributed by atoms with van der Waals surface area (Å²) in [5, 5.41) is 0. The summed E-state index contributed by atoms with van der Waals surface area (Å²) in [6, 6.07) is 8.04. The molecule has 0 radical (unpaired) electrons. The number of hydrogen-bond acceptors (Lipinski definition) is 2. The van der Waals surface area contributed by atoms with E-state index in [9.17, 15) is 4.79 Å². The lowest BCUT2D eigenvalue weighted by molar-refractivity contribution is -0.138. The lowest BCUT2D eigenvalue weighted by atomic mass is 9.80. The minimum atomic E-state index is -0.514. The van der Waals surface area contributed by atoms with Gasteiger partial charge in [-0.25, -0.2) is 0 Å². The highest BCUT2D eigenvalue weighted by atomic mass is 16.2. The van der Waals surface area contributed by atoms with E-state index in [1.165, 1.54) is 19.3 Å². The largest absolute Gasteiger partial charge is 0.399 e. The van der Waals surface area contributed by atoms with Gasteiger partial charge < -0.3 is 10.6 Å². The van der Waals surface area contributed by atoms with Gasteiger partial charge >= 0.3 is 0 Å². The quantitative estimate of drug-likeness (QED) is 0.864. The highest BCUT2D eigenvalue weighted by Crippen LogP contribution is 2.32. The molecular weight excluding hydrogens is 260 g/mol. The molecule has 0 heterocycles. The number of nitrogens with two attached hydrogens (primary N) is 1. The van der Waals surface area contributed by atoms with E-state index in [-0.39, 0.29) is 5.91 Å². The summed E-state index contributed by atoms with van der Waals surface area (Å²) in [5.74, 6) is 0.793. The molecule has 0 aliphatic heterocycles. The van der Waals surface area contributed by atoms with Crippen LogP contribution >= 0.6 is 0 Å². The normalized spacial score (nSPS) is 22.9. The van der Waals surface area contributed by atoms with Crippen LogP contribution in [0.4, 0.5) is 5.69 Å². The number of rotatable bonds is 3. The highest BCUT2D eigenvalue weighted by molar-refractivity contribution is 5.87. The monoisotopic (exact) mass is 288 g/mol. The first-order valence-electron chi connectivity index (χ1n) is 7.97. The average molecular weight is 288 g/mol. The fourth-order valence-corrected chi connectivity index (χ4v) is 3.49. The molecule has 1 aliphatic carbocycles. The van der Waals surface area contributed by atoms with Crippen molar-refractivity contribution < 1.29 is 4.79 Å². The maximum Gasteiger partial charge on any atom is 0.232 e. The third-order valence-electron chi connectivity index (χ3n) is 5.05. The standard InChI is InChI=1S/C18H28N2O/c1-13-7-5-6-8-16(13)20(4)17(21)18(2,3)14-9-11-15(19)12-10-14/h9-13,16H,5-8,19H2,1-4H3. The van der Waals surface area contributed by atoms with Crippen LogP contribution < -0.4 is 5.73 Å². The Kier molecular flexibility index (Phi) is 4.60. The van der Waals surface area contributed by atoms with E-state index in [1.807, 2.05) is 50.1 Å². The van der Waals surface area contributed by atoms with Gasteiger partial charge in [0.1, 0.15) is 0 Å². The number of anilines is 1. The molecule has 1 amide bonds. The fraction of sp³-hybridized carbons (Fsp3) is 0.611. The maximum atomic E-state index is 13.0. The van der Waals surface area contributed by atoms with E-state index in [0.717, 1.165) is 17.7 Å². The summed E-state index contributed by atoms with van der Waals surface area (Å²) >= 11 is 0. The van der Waals surface area contributed by atoms with Crippen molar-refractivity contribution in [1.82, 2.24) is 4.90 Å². The maximum absolute atomic E-state index is 13.0. The van der Waals surface area contributed by atoms with Crippen molar-refractivity contribution in [2.45, 2.75) is 57.9 Å². The molecule has 2 atom stereocenters. The first-order chi connectivity index (χ1) is 9.84. The topological polar surface area (TPSA) is 46.3 Å². The van der Waals surface area contributed by atoms with Gasteiger partial charge in [-0.2, -0.15) is 0 Å². The Labute approximate surface area is 128 Å². The number of amides is 1. The van der Waals surface area contributed by atoms with Gasteiger partial charge in [0.05, 0.1) is 5.41 Å². The predicted octanol–water partition coefficient (Wildman–Crippen LogP) is 3.58. The Hall–Kier alpha value is -1.51. The molecule has 1 saturated carbocycles. The summed E-state index contributed by atoms with van der Waals surface area (Å²) in [4.78, 5) is 15.0. The highest BCUT2D eigenvalue weighted by Gasteiger charge is 2.37. The zero-order valence-corrected chi connectivity index (χ0v) is 13.7. The van der Waals surface area contributed by atoms with Crippen LogP contribution in [-0.2, 0) is 10.2 Å². The molecule has 1 aromatic rings. The van der Waals surface area contributed by atoms with Crippen molar-refractivity contribution in [2.24, 2.45) is 5.92 Å². The molecule has 0 saturated heterocycles. The molecule has 0 spiro atoms. The van der Waals surface area contributed by atoms with Gasteiger partial charge in [0.15, 0.2) is 0 Å². The third kappa shape index (κ3) is 3.22. The SMILES string of the molecule is CC1CCCCC1N(C)C(=O)C(C)(C)c1ccc(N)cc1.